The van der Waals surface area contributed by atoms with E-state index in [9.17, 15) is 0 Å². The Morgan fingerprint density at radius 2 is 1.88 bits per heavy atom. The molecule has 2 heteroatoms. The minimum atomic E-state index is 0.962. The van der Waals surface area contributed by atoms with Gasteiger partial charge in [0.05, 0.1) is 0 Å². The van der Waals surface area contributed by atoms with Crippen molar-refractivity contribution in [3.8, 4) is 0 Å². The molecule has 2 aliphatic rings. The maximum absolute atomic E-state index is 4.04. The zero-order chi connectivity index (χ0) is 16.8. The van der Waals surface area contributed by atoms with E-state index in [1.54, 1.807) is 0 Å². The monoisotopic (exact) mass is 324 g/mol. The number of benzene rings is 1. The summed E-state index contributed by atoms with van der Waals surface area (Å²) in [6, 6.07) is 8.39. The maximum Gasteiger partial charge on any atom is 0.0346 e. The summed E-state index contributed by atoms with van der Waals surface area (Å²) >= 11 is 0. The molecule has 1 saturated heterocycles. The summed E-state index contributed by atoms with van der Waals surface area (Å²) in [4.78, 5) is 6.74. The lowest BCUT2D eigenvalue weighted by molar-refractivity contribution is 0.229. The maximum atomic E-state index is 4.04. The Morgan fingerprint density at radius 1 is 1.04 bits per heavy atom. The smallest absolute Gasteiger partial charge is 0.0346 e. The lowest BCUT2D eigenvalue weighted by Gasteiger charge is -2.26. The van der Waals surface area contributed by atoms with E-state index < -0.39 is 0 Å². The van der Waals surface area contributed by atoms with Crippen LogP contribution in [0.4, 0.5) is 0 Å². The van der Waals surface area contributed by atoms with Gasteiger partial charge in [-0.15, -0.1) is 0 Å². The second kappa shape index (κ2) is 8.62. The van der Waals surface area contributed by atoms with Crippen LogP contribution in [-0.2, 0) is 0 Å². The standard InChI is InChI=1S/C12H23N.C10H9N/c1-11-7-8-13(9-11)10-12-5-3-2-4-6-12;1-8-2-3-10-7-11-5-4-9(10)6-8/h11-12H,2-10H2,1H3;2-7H,1H3. The molecule has 130 valence electrons. The largest absolute Gasteiger partial charge is 0.303 e. The number of aryl methyl sites for hydroxylation is 1. The lowest BCUT2D eigenvalue weighted by Crippen LogP contribution is -2.28. The van der Waals surface area contributed by atoms with Crippen LogP contribution in [0.2, 0.25) is 0 Å². The number of hydrogen-bond donors (Lipinski definition) is 0. The van der Waals surface area contributed by atoms with Gasteiger partial charge in [0.15, 0.2) is 0 Å². The fourth-order valence-corrected chi connectivity index (χ4v) is 4.13. The Labute approximate surface area is 147 Å². The fourth-order valence-electron chi connectivity index (χ4n) is 4.13. The van der Waals surface area contributed by atoms with Gasteiger partial charge < -0.3 is 4.90 Å². The molecule has 0 amide bonds. The first-order valence-corrected chi connectivity index (χ1v) is 9.73. The number of nitrogens with zero attached hydrogens (tertiary/aromatic N) is 2. The molecule has 1 unspecified atom stereocenters. The molecule has 1 atom stereocenters. The fraction of sp³-hybridized carbons (Fsp3) is 0.591. The average Bonchev–Trinajstić information content (AvgIpc) is 3.01. The molecule has 2 heterocycles. The van der Waals surface area contributed by atoms with E-state index in [1.165, 1.54) is 74.5 Å². The van der Waals surface area contributed by atoms with E-state index in [0.29, 0.717) is 0 Å². The molecule has 0 spiro atoms. The van der Waals surface area contributed by atoms with E-state index in [1.807, 2.05) is 18.5 Å². The van der Waals surface area contributed by atoms with Gasteiger partial charge in [-0.05, 0) is 56.0 Å². The van der Waals surface area contributed by atoms with E-state index in [2.05, 4.69) is 41.9 Å². The Morgan fingerprint density at radius 3 is 2.62 bits per heavy atom. The van der Waals surface area contributed by atoms with Crippen LogP contribution in [0.1, 0.15) is 51.0 Å². The molecule has 1 aromatic heterocycles. The van der Waals surface area contributed by atoms with Crippen molar-refractivity contribution in [1.29, 1.82) is 0 Å². The second-order valence-corrected chi connectivity index (χ2v) is 7.88. The summed E-state index contributed by atoms with van der Waals surface area (Å²) in [6.45, 7) is 8.64. The van der Waals surface area contributed by atoms with Crippen molar-refractivity contribution in [2.45, 2.75) is 52.4 Å². The molecule has 4 rings (SSSR count). The molecule has 24 heavy (non-hydrogen) atoms. The quantitative estimate of drug-likeness (QED) is 0.730. The van der Waals surface area contributed by atoms with Gasteiger partial charge in [-0.2, -0.15) is 0 Å². The van der Waals surface area contributed by atoms with Crippen molar-refractivity contribution in [2.75, 3.05) is 19.6 Å². The average molecular weight is 325 g/mol. The van der Waals surface area contributed by atoms with Crippen LogP contribution in [-0.4, -0.2) is 29.5 Å². The number of likely N-dealkylation sites (tertiary alicyclic amines) is 1. The van der Waals surface area contributed by atoms with Crippen molar-refractivity contribution in [1.82, 2.24) is 9.88 Å². The van der Waals surface area contributed by atoms with Crippen LogP contribution < -0.4 is 0 Å². The van der Waals surface area contributed by atoms with Crippen molar-refractivity contribution < 1.29 is 0 Å². The minimum absolute atomic E-state index is 0.962. The van der Waals surface area contributed by atoms with Crippen LogP contribution in [0.15, 0.2) is 36.7 Å². The molecule has 0 bridgehead atoms. The summed E-state index contributed by atoms with van der Waals surface area (Å²) in [6.07, 6.45) is 12.6. The second-order valence-electron chi connectivity index (χ2n) is 7.88. The predicted octanol–water partition coefficient (Wildman–Crippen LogP) is 5.45. The summed E-state index contributed by atoms with van der Waals surface area (Å²) in [5.41, 5.74) is 1.30. The highest BCUT2D eigenvalue weighted by atomic mass is 15.1. The van der Waals surface area contributed by atoms with Crippen LogP contribution in [0, 0.1) is 18.8 Å². The minimum Gasteiger partial charge on any atom is -0.303 e. The van der Waals surface area contributed by atoms with Crippen molar-refractivity contribution in [2.24, 2.45) is 11.8 Å². The van der Waals surface area contributed by atoms with E-state index in [0.717, 1.165) is 11.8 Å². The highest BCUT2D eigenvalue weighted by molar-refractivity contribution is 5.81. The van der Waals surface area contributed by atoms with Gasteiger partial charge in [-0.25, -0.2) is 0 Å². The molecule has 1 aliphatic carbocycles. The SMILES string of the molecule is CC1CCN(CC2CCCCC2)C1.Cc1ccc2cnccc2c1. The number of aromatic nitrogens is 1. The Bertz CT molecular complexity index is 628. The number of fused-ring (bicyclic) bond motifs is 1. The number of pyridine rings is 1. The molecule has 1 saturated carbocycles. The van der Waals surface area contributed by atoms with Gasteiger partial charge in [-0.3, -0.25) is 4.98 Å². The van der Waals surface area contributed by atoms with Gasteiger partial charge >= 0.3 is 0 Å². The van der Waals surface area contributed by atoms with Crippen LogP contribution in [0.5, 0.6) is 0 Å². The first-order chi connectivity index (χ1) is 11.7. The summed E-state index contributed by atoms with van der Waals surface area (Å²) < 4.78 is 0. The third-order valence-corrected chi connectivity index (χ3v) is 5.55. The zero-order valence-corrected chi connectivity index (χ0v) is 15.4. The van der Waals surface area contributed by atoms with Gasteiger partial charge in [0.1, 0.15) is 0 Å². The molecular weight excluding hydrogens is 292 g/mol. The van der Waals surface area contributed by atoms with Crippen LogP contribution in [0.3, 0.4) is 0 Å². The van der Waals surface area contributed by atoms with Gasteiger partial charge in [-0.1, -0.05) is 49.9 Å². The zero-order valence-electron chi connectivity index (χ0n) is 15.4. The Hall–Kier alpha value is -1.41. The third-order valence-electron chi connectivity index (χ3n) is 5.55. The Balaban J connectivity index is 0.000000143. The van der Waals surface area contributed by atoms with E-state index in [-0.39, 0.29) is 0 Å². The summed E-state index contributed by atoms with van der Waals surface area (Å²) in [7, 11) is 0. The molecular formula is C22H32N2. The normalized spacial score (nSPS) is 22.3. The van der Waals surface area contributed by atoms with Gasteiger partial charge in [0, 0.05) is 30.9 Å². The van der Waals surface area contributed by atoms with E-state index >= 15 is 0 Å². The molecule has 0 N–H and O–H groups in total. The highest BCUT2D eigenvalue weighted by Crippen LogP contribution is 2.26. The molecule has 1 aromatic carbocycles. The molecule has 2 aromatic rings. The van der Waals surface area contributed by atoms with Crippen molar-refractivity contribution in [3.05, 3.63) is 42.2 Å². The number of hydrogen-bond acceptors (Lipinski definition) is 2. The van der Waals surface area contributed by atoms with E-state index in [4.69, 9.17) is 0 Å². The summed E-state index contributed by atoms with van der Waals surface area (Å²) in [5, 5.41) is 2.47. The Kier molecular flexibility index (Phi) is 6.25. The van der Waals surface area contributed by atoms with Crippen molar-refractivity contribution >= 4 is 10.8 Å². The lowest BCUT2D eigenvalue weighted by atomic mass is 9.89. The highest BCUT2D eigenvalue weighted by Gasteiger charge is 2.22. The van der Waals surface area contributed by atoms with Gasteiger partial charge in [0.25, 0.3) is 0 Å². The summed E-state index contributed by atoms with van der Waals surface area (Å²) in [5.74, 6) is 2.00. The number of rotatable bonds is 2. The van der Waals surface area contributed by atoms with Crippen molar-refractivity contribution in [3.63, 3.8) is 0 Å². The van der Waals surface area contributed by atoms with Gasteiger partial charge in [0.2, 0.25) is 0 Å². The topological polar surface area (TPSA) is 16.1 Å². The molecule has 1 aliphatic heterocycles. The molecule has 0 radical (unpaired) electrons. The molecule has 2 nitrogen and oxygen atoms in total. The predicted molar refractivity (Wildman–Crippen MR) is 103 cm³/mol. The van der Waals surface area contributed by atoms with Crippen LogP contribution in [0.25, 0.3) is 10.8 Å². The first kappa shape index (κ1) is 17.4. The first-order valence-electron chi connectivity index (χ1n) is 9.73. The third kappa shape index (κ3) is 5.04. The molecule has 2 fully saturated rings. The van der Waals surface area contributed by atoms with Crippen LogP contribution >= 0.6 is 0 Å².